The lowest BCUT2D eigenvalue weighted by Gasteiger charge is -2.45. The zero-order valence-electron chi connectivity index (χ0n) is 11.6. The highest BCUT2D eigenvalue weighted by Crippen LogP contribution is 2.64. The van der Waals surface area contributed by atoms with Crippen LogP contribution in [0.5, 0.6) is 0 Å². The van der Waals surface area contributed by atoms with Crippen LogP contribution in [-0.4, -0.2) is 11.2 Å². The van der Waals surface area contributed by atoms with Gasteiger partial charge in [0.05, 0.1) is 11.0 Å². The van der Waals surface area contributed by atoms with Crippen LogP contribution < -0.4 is 0 Å². The minimum atomic E-state index is -0.189. The first-order valence-corrected chi connectivity index (χ1v) is 7.28. The average molecular weight is 252 g/mol. The lowest BCUT2D eigenvalue weighted by molar-refractivity contribution is -0.0266. The predicted octanol–water partition coefficient (Wildman–Crippen LogP) is 4.15. The topological polar surface area (TPSA) is 9.23 Å². The van der Waals surface area contributed by atoms with E-state index in [1.807, 2.05) is 0 Å². The molecule has 3 aliphatic rings. The van der Waals surface area contributed by atoms with Crippen molar-refractivity contribution >= 4 is 0 Å². The van der Waals surface area contributed by atoms with E-state index >= 15 is 0 Å². The Morgan fingerprint density at radius 1 is 1.05 bits per heavy atom. The van der Waals surface area contributed by atoms with E-state index < -0.39 is 0 Å². The van der Waals surface area contributed by atoms with Crippen LogP contribution in [0.25, 0.3) is 0 Å². The van der Waals surface area contributed by atoms with Crippen molar-refractivity contribution in [2.45, 2.75) is 49.7 Å². The van der Waals surface area contributed by atoms with Gasteiger partial charge in [-0.05, 0) is 44.2 Å². The van der Waals surface area contributed by atoms with Crippen molar-refractivity contribution in [3.8, 4) is 0 Å². The average Bonchev–Trinajstić information content (AvgIpc) is 2.87. The SMILES string of the molecule is C[C@]12C=C[C@](C)(O1)C1=CCCC[C@]12c1ccccc1. The maximum absolute atomic E-state index is 6.47. The van der Waals surface area contributed by atoms with E-state index in [9.17, 15) is 0 Å². The summed E-state index contributed by atoms with van der Waals surface area (Å²) in [6.07, 6.45) is 10.6. The predicted molar refractivity (Wildman–Crippen MR) is 77.1 cm³/mol. The molecule has 0 amide bonds. The van der Waals surface area contributed by atoms with E-state index in [2.05, 4.69) is 62.4 Å². The first kappa shape index (κ1) is 11.5. The highest BCUT2D eigenvalue weighted by atomic mass is 16.5. The second kappa shape index (κ2) is 3.40. The molecule has 3 atom stereocenters. The molecule has 1 heteroatoms. The minimum Gasteiger partial charge on any atom is -0.355 e. The highest BCUT2D eigenvalue weighted by Gasteiger charge is 2.66. The van der Waals surface area contributed by atoms with Gasteiger partial charge < -0.3 is 4.74 Å². The number of hydrogen-bond donors (Lipinski definition) is 0. The molecule has 98 valence electrons. The lowest BCUT2D eigenvalue weighted by Crippen LogP contribution is -2.47. The fourth-order valence-corrected chi connectivity index (χ4v) is 4.57. The van der Waals surface area contributed by atoms with Gasteiger partial charge in [0.25, 0.3) is 0 Å². The maximum Gasteiger partial charge on any atom is 0.107 e. The van der Waals surface area contributed by atoms with Gasteiger partial charge in [-0.1, -0.05) is 48.6 Å². The Labute approximate surface area is 115 Å². The molecule has 19 heavy (non-hydrogen) atoms. The van der Waals surface area contributed by atoms with Gasteiger partial charge in [0.2, 0.25) is 0 Å². The second-order valence-corrected chi connectivity index (χ2v) is 6.43. The normalized spacial score (nSPS) is 43.2. The third-order valence-corrected chi connectivity index (χ3v) is 5.36. The second-order valence-electron chi connectivity index (χ2n) is 6.43. The monoisotopic (exact) mass is 252 g/mol. The zero-order valence-corrected chi connectivity index (χ0v) is 11.6. The zero-order chi connectivity index (χ0) is 13.1. The van der Waals surface area contributed by atoms with E-state index in [0.29, 0.717) is 0 Å². The number of rotatable bonds is 1. The molecule has 2 bridgehead atoms. The molecule has 0 unspecified atom stereocenters. The Morgan fingerprint density at radius 3 is 2.63 bits per heavy atom. The van der Waals surface area contributed by atoms with Gasteiger partial charge in [-0.25, -0.2) is 0 Å². The molecule has 0 aromatic heterocycles. The van der Waals surface area contributed by atoms with Crippen molar-refractivity contribution in [2.75, 3.05) is 0 Å². The summed E-state index contributed by atoms with van der Waals surface area (Å²) in [5.74, 6) is 0. The van der Waals surface area contributed by atoms with Crippen molar-refractivity contribution in [1.29, 1.82) is 0 Å². The van der Waals surface area contributed by atoms with Crippen LogP contribution in [0.2, 0.25) is 0 Å². The molecular formula is C18H20O. The third kappa shape index (κ3) is 1.20. The summed E-state index contributed by atoms with van der Waals surface area (Å²) in [5, 5.41) is 0. The summed E-state index contributed by atoms with van der Waals surface area (Å²) in [6, 6.07) is 10.9. The Bertz CT molecular complexity index is 585. The quantitative estimate of drug-likeness (QED) is 0.682. The molecule has 1 aromatic carbocycles. The number of hydrogen-bond acceptors (Lipinski definition) is 1. The standard InChI is InChI=1S/C18H20O/c1-16-12-13-17(2,19-16)18(11-7-6-10-15(16)18)14-8-4-3-5-9-14/h3-5,8-10,12-13H,6-7,11H2,1-2H3/t16-,17+,18-/m0/s1. The number of ether oxygens (including phenoxy) is 1. The number of fused-ring (bicyclic) bond motifs is 5. The molecule has 0 N–H and O–H groups in total. The van der Waals surface area contributed by atoms with E-state index in [1.165, 1.54) is 30.4 Å². The van der Waals surface area contributed by atoms with E-state index in [-0.39, 0.29) is 16.6 Å². The smallest absolute Gasteiger partial charge is 0.107 e. The summed E-state index contributed by atoms with van der Waals surface area (Å²) < 4.78 is 6.47. The van der Waals surface area contributed by atoms with E-state index in [0.717, 1.165) is 0 Å². The van der Waals surface area contributed by atoms with E-state index in [1.54, 1.807) is 0 Å². The molecule has 0 spiro atoms. The molecule has 0 radical (unpaired) electrons. The van der Waals surface area contributed by atoms with Gasteiger partial charge >= 0.3 is 0 Å². The van der Waals surface area contributed by atoms with Crippen molar-refractivity contribution in [3.63, 3.8) is 0 Å². The van der Waals surface area contributed by atoms with Crippen molar-refractivity contribution in [2.24, 2.45) is 0 Å². The third-order valence-electron chi connectivity index (χ3n) is 5.36. The summed E-state index contributed by atoms with van der Waals surface area (Å²) >= 11 is 0. The molecule has 1 saturated heterocycles. The fourth-order valence-electron chi connectivity index (χ4n) is 4.57. The molecule has 4 rings (SSSR count). The van der Waals surface area contributed by atoms with Gasteiger partial charge in [0, 0.05) is 0 Å². The first-order valence-electron chi connectivity index (χ1n) is 7.28. The van der Waals surface area contributed by atoms with Crippen LogP contribution in [0, 0.1) is 0 Å². The Kier molecular flexibility index (Phi) is 2.06. The summed E-state index contributed by atoms with van der Waals surface area (Å²) in [5.41, 5.74) is 2.58. The molecule has 2 aliphatic heterocycles. The molecule has 1 aliphatic carbocycles. The molecule has 1 fully saturated rings. The minimum absolute atomic E-state index is 0.0516. The van der Waals surface area contributed by atoms with Crippen LogP contribution in [0.1, 0.15) is 38.7 Å². The Morgan fingerprint density at radius 2 is 1.84 bits per heavy atom. The van der Waals surface area contributed by atoms with Crippen molar-refractivity contribution < 1.29 is 4.74 Å². The molecular weight excluding hydrogens is 232 g/mol. The highest BCUT2D eigenvalue weighted by molar-refractivity contribution is 5.57. The molecule has 2 heterocycles. The van der Waals surface area contributed by atoms with Crippen molar-refractivity contribution in [1.82, 2.24) is 0 Å². The summed E-state index contributed by atoms with van der Waals surface area (Å²) in [4.78, 5) is 0. The Balaban J connectivity index is 2.01. The summed E-state index contributed by atoms with van der Waals surface area (Å²) in [6.45, 7) is 4.48. The van der Waals surface area contributed by atoms with Crippen molar-refractivity contribution in [3.05, 3.63) is 59.7 Å². The van der Waals surface area contributed by atoms with Crippen LogP contribution in [-0.2, 0) is 10.2 Å². The molecule has 1 nitrogen and oxygen atoms in total. The van der Waals surface area contributed by atoms with Gasteiger partial charge in [-0.3, -0.25) is 0 Å². The van der Waals surface area contributed by atoms with Crippen LogP contribution >= 0.6 is 0 Å². The maximum atomic E-state index is 6.47. The van der Waals surface area contributed by atoms with Crippen LogP contribution in [0.15, 0.2) is 54.1 Å². The Hall–Kier alpha value is -1.34. The van der Waals surface area contributed by atoms with Crippen LogP contribution in [0.3, 0.4) is 0 Å². The van der Waals surface area contributed by atoms with Gasteiger partial charge in [-0.15, -0.1) is 0 Å². The molecule has 1 aromatic rings. The van der Waals surface area contributed by atoms with Gasteiger partial charge in [0.15, 0.2) is 0 Å². The van der Waals surface area contributed by atoms with E-state index in [4.69, 9.17) is 4.74 Å². The lowest BCUT2D eigenvalue weighted by atomic mass is 9.56. The fraction of sp³-hybridized carbons (Fsp3) is 0.444. The largest absolute Gasteiger partial charge is 0.355 e. The first-order chi connectivity index (χ1) is 9.11. The number of allylic oxidation sites excluding steroid dienone is 1. The van der Waals surface area contributed by atoms with Gasteiger partial charge in [-0.2, -0.15) is 0 Å². The summed E-state index contributed by atoms with van der Waals surface area (Å²) in [7, 11) is 0. The van der Waals surface area contributed by atoms with Gasteiger partial charge in [0.1, 0.15) is 5.60 Å². The van der Waals surface area contributed by atoms with Crippen LogP contribution in [0.4, 0.5) is 0 Å². The molecule has 0 saturated carbocycles. The number of benzene rings is 1.